The highest BCUT2D eigenvalue weighted by atomic mass is 35.5. The molecule has 0 N–H and O–H groups in total. The molecule has 0 saturated heterocycles. The van der Waals surface area contributed by atoms with Crippen LogP contribution in [0, 0.1) is 0 Å². The summed E-state index contributed by atoms with van der Waals surface area (Å²) in [5.74, 6) is 0.876. The van der Waals surface area contributed by atoms with Crippen LogP contribution in [0.15, 0.2) is 101 Å². The lowest BCUT2D eigenvalue weighted by Crippen LogP contribution is -2.20. The van der Waals surface area contributed by atoms with E-state index in [-0.39, 0.29) is 0 Å². The van der Waals surface area contributed by atoms with Crippen molar-refractivity contribution >= 4 is 29.1 Å². The number of allylic oxidation sites excluding steroid dienone is 1. The van der Waals surface area contributed by atoms with Crippen LogP contribution in [0.5, 0.6) is 0 Å². The molecule has 33 heavy (non-hydrogen) atoms. The van der Waals surface area contributed by atoms with Gasteiger partial charge in [0.2, 0.25) is 0 Å². The van der Waals surface area contributed by atoms with Gasteiger partial charge in [-0.05, 0) is 59.5 Å². The Morgan fingerprint density at radius 3 is 2.64 bits per heavy atom. The number of benzodiazepines with no additional fused rings is 1. The molecule has 164 valence electrons. The van der Waals surface area contributed by atoms with Gasteiger partial charge in [-0.15, -0.1) is 0 Å². The lowest BCUT2D eigenvalue weighted by atomic mass is 9.98. The first kappa shape index (κ1) is 21.3. The number of anilines is 1. The molecular formula is C29H25ClN2O. The molecule has 0 radical (unpaired) electrons. The van der Waals surface area contributed by atoms with Gasteiger partial charge in [-0.3, -0.25) is 4.99 Å². The number of benzene rings is 3. The quantitative estimate of drug-likeness (QED) is 0.322. The van der Waals surface area contributed by atoms with Gasteiger partial charge >= 0.3 is 0 Å². The van der Waals surface area contributed by atoms with Gasteiger partial charge in [-0.2, -0.15) is 0 Å². The summed E-state index contributed by atoms with van der Waals surface area (Å²) in [6.45, 7) is 1.63. The van der Waals surface area contributed by atoms with E-state index in [9.17, 15) is 0 Å². The van der Waals surface area contributed by atoms with E-state index in [4.69, 9.17) is 21.0 Å². The fraction of sp³-hybridized carbons (Fsp3) is 0.138. The second kappa shape index (κ2) is 9.51. The first-order valence-electron chi connectivity index (χ1n) is 11.1. The minimum absolute atomic E-state index is 0.757. The van der Waals surface area contributed by atoms with Crippen molar-refractivity contribution in [2.75, 3.05) is 25.0 Å². The van der Waals surface area contributed by atoms with E-state index in [0.717, 1.165) is 47.1 Å². The molecule has 1 aromatic heterocycles. The lowest BCUT2D eigenvalue weighted by molar-refractivity contribution is 0.582. The third-order valence-electron chi connectivity index (χ3n) is 5.99. The lowest BCUT2D eigenvalue weighted by Gasteiger charge is -2.20. The highest BCUT2D eigenvalue weighted by Gasteiger charge is 2.16. The van der Waals surface area contributed by atoms with Crippen LogP contribution in [-0.2, 0) is 6.42 Å². The average Bonchev–Trinajstić information content (AvgIpc) is 3.33. The predicted octanol–water partition coefficient (Wildman–Crippen LogP) is 7.14. The Morgan fingerprint density at radius 1 is 0.970 bits per heavy atom. The normalized spacial score (nSPS) is 13.6. The Morgan fingerprint density at radius 2 is 1.82 bits per heavy atom. The van der Waals surface area contributed by atoms with E-state index in [1.54, 1.807) is 6.26 Å². The Bertz CT molecular complexity index is 1300. The van der Waals surface area contributed by atoms with Crippen LogP contribution >= 0.6 is 11.6 Å². The van der Waals surface area contributed by atoms with Gasteiger partial charge in [-0.25, -0.2) is 0 Å². The average molecular weight is 453 g/mol. The van der Waals surface area contributed by atoms with Gasteiger partial charge in [-0.1, -0.05) is 66.2 Å². The largest absolute Gasteiger partial charge is 0.464 e. The summed E-state index contributed by atoms with van der Waals surface area (Å²) >= 11 is 6.05. The van der Waals surface area contributed by atoms with Crippen molar-refractivity contribution in [2.45, 2.75) is 6.42 Å². The first-order valence-corrected chi connectivity index (χ1v) is 11.5. The summed E-state index contributed by atoms with van der Waals surface area (Å²) in [6.07, 6.45) is 6.89. The molecule has 0 spiro atoms. The van der Waals surface area contributed by atoms with Crippen molar-refractivity contribution in [3.8, 4) is 11.3 Å². The molecule has 1 aliphatic heterocycles. The molecule has 2 heterocycles. The smallest absolute Gasteiger partial charge is 0.133 e. The van der Waals surface area contributed by atoms with Crippen molar-refractivity contribution in [3.63, 3.8) is 0 Å². The molecule has 5 rings (SSSR count). The molecule has 1 aliphatic rings. The summed E-state index contributed by atoms with van der Waals surface area (Å²) in [6, 6.07) is 26.9. The van der Waals surface area contributed by atoms with Gasteiger partial charge in [0.25, 0.3) is 0 Å². The highest BCUT2D eigenvalue weighted by Crippen LogP contribution is 2.30. The Labute approximate surface area is 199 Å². The molecule has 4 aromatic rings. The second-order valence-electron chi connectivity index (χ2n) is 8.23. The van der Waals surface area contributed by atoms with Crippen molar-refractivity contribution < 1.29 is 4.42 Å². The number of hydrogen-bond donors (Lipinski definition) is 0. The van der Waals surface area contributed by atoms with Crippen LogP contribution in [0.3, 0.4) is 0 Å². The number of halogens is 1. The molecule has 0 aliphatic carbocycles. The fourth-order valence-corrected chi connectivity index (χ4v) is 4.30. The topological polar surface area (TPSA) is 28.7 Å². The first-order chi connectivity index (χ1) is 16.2. The zero-order valence-electron chi connectivity index (χ0n) is 18.5. The van der Waals surface area contributed by atoms with Gasteiger partial charge in [0.15, 0.2) is 0 Å². The van der Waals surface area contributed by atoms with E-state index < -0.39 is 0 Å². The number of hydrogen-bond acceptors (Lipinski definition) is 3. The maximum absolute atomic E-state index is 6.05. The van der Waals surface area contributed by atoms with Crippen molar-refractivity contribution in [2.24, 2.45) is 4.99 Å². The molecule has 0 saturated carbocycles. The van der Waals surface area contributed by atoms with E-state index in [2.05, 4.69) is 78.7 Å². The van der Waals surface area contributed by atoms with E-state index >= 15 is 0 Å². The maximum atomic E-state index is 6.05. The second-order valence-corrected chi connectivity index (χ2v) is 8.67. The minimum Gasteiger partial charge on any atom is -0.464 e. The van der Waals surface area contributed by atoms with Crippen LogP contribution in [0.25, 0.3) is 17.4 Å². The molecular weight excluding hydrogens is 428 g/mol. The molecule has 0 unspecified atom stereocenters. The summed E-state index contributed by atoms with van der Waals surface area (Å²) in [7, 11) is 2.12. The number of furan rings is 1. The monoisotopic (exact) mass is 452 g/mol. The van der Waals surface area contributed by atoms with Crippen molar-refractivity contribution in [3.05, 3.63) is 118 Å². The minimum atomic E-state index is 0.757. The number of fused-ring (bicyclic) bond motifs is 1. The number of aliphatic imine (C=N–C) groups is 1. The van der Waals surface area contributed by atoms with E-state index in [0.29, 0.717) is 0 Å². The molecule has 0 atom stereocenters. The molecule has 3 aromatic carbocycles. The number of rotatable bonds is 5. The predicted molar refractivity (Wildman–Crippen MR) is 139 cm³/mol. The third-order valence-corrected chi connectivity index (χ3v) is 6.24. The van der Waals surface area contributed by atoms with Crippen molar-refractivity contribution in [1.82, 2.24) is 0 Å². The zero-order valence-corrected chi connectivity index (χ0v) is 19.3. The Balaban J connectivity index is 1.45. The van der Waals surface area contributed by atoms with Gasteiger partial charge in [0.05, 0.1) is 18.5 Å². The van der Waals surface area contributed by atoms with E-state index in [1.165, 1.54) is 22.4 Å². The van der Waals surface area contributed by atoms with Crippen LogP contribution < -0.4 is 4.90 Å². The highest BCUT2D eigenvalue weighted by molar-refractivity contribution is 6.30. The molecule has 0 bridgehead atoms. The standard InChI is InChI=1S/C29H25ClN2O/c1-32-17-16-31-27(26-14-10-24(20-28(26)32)29-7-4-18-33-29)15-11-22-5-2-3-6-23(22)19-21-8-12-25(30)13-9-21/h2-15,18,20H,16-17,19H2,1H3. The molecule has 0 fully saturated rings. The molecule has 3 nitrogen and oxygen atoms in total. The number of likely N-dealkylation sites (N-methyl/N-ethyl adjacent to an activating group) is 1. The molecule has 0 amide bonds. The Hall–Kier alpha value is -3.56. The SMILES string of the molecule is CN1CCN=C(C=Cc2ccccc2Cc2ccc(Cl)cc2)c2ccc(-c3ccco3)cc21. The maximum Gasteiger partial charge on any atom is 0.133 e. The third kappa shape index (κ3) is 4.79. The summed E-state index contributed by atoms with van der Waals surface area (Å²) in [4.78, 5) is 7.16. The number of nitrogens with zero attached hydrogens (tertiary/aromatic N) is 2. The zero-order chi connectivity index (χ0) is 22.6. The van der Waals surface area contributed by atoms with Crippen molar-refractivity contribution in [1.29, 1.82) is 0 Å². The van der Waals surface area contributed by atoms with Crippen LogP contribution in [0.2, 0.25) is 5.02 Å². The Kier molecular flexibility index (Phi) is 6.14. The van der Waals surface area contributed by atoms with Crippen LogP contribution in [-0.4, -0.2) is 25.8 Å². The fourth-order valence-electron chi connectivity index (χ4n) is 4.18. The van der Waals surface area contributed by atoms with Crippen LogP contribution in [0.1, 0.15) is 22.3 Å². The van der Waals surface area contributed by atoms with E-state index in [1.807, 2.05) is 24.3 Å². The van der Waals surface area contributed by atoms with Crippen LogP contribution in [0.4, 0.5) is 5.69 Å². The molecule has 4 heteroatoms. The summed E-state index contributed by atoms with van der Waals surface area (Å²) in [5.41, 5.74) is 8.09. The summed E-state index contributed by atoms with van der Waals surface area (Å²) in [5, 5.41) is 0.761. The van der Waals surface area contributed by atoms with Gasteiger partial charge in [0, 0.05) is 35.4 Å². The summed E-state index contributed by atoms with van der Waals surface area (Å²) < 4.78 is 5.61. The van der Waals surface area contributed by atoms with Gasteiger partial charge < -0.3 is 9.32 Å². The van der Waals surface area contributed by atoms with Gasteiger partial charge in [0.1, 0.15) is 5.76 Å².